The van der Waals surface area contributed by atoms with E-state index in [0.717, 1.165) is 11.3 Å². The molecule has 1 aromatic carbocycles. The number of thiophene rings is 1. The average molecular weight is 294 g/mol. The summed E-state index contributed by atoms with van der Waals surface area (Å²) in [7, 11) is 1.32. The maximum Gasteiger partial charge on any atom is 0.348 e. The van der Waals surface area contributed by atoms with Crippen LogP contribution in [0.5, 0.6) is 5.75 Å². The number of nitrogen functional groups attached to an aromatic ring is 1. The maximum absolute atomic E-state index is 11.0. The molecule has 2 rings (SSSR count). The van der Waals surface area contributed by atoms with Crippen molar-refractivity contribution in [3.63, 3.8) is 0 Å². The van der Waals surface area contributed by atoms with Crippen LogP contribution in [-0.4, -0.2) is 23.1 Å². The normalized spacial score (nSPS) is 10.2. The number of anilines is 1. The Morgan fingerprint density at radius 1 is 1.50 bits per heavy atom. The maximum atomic E-state index is 11.0. The van der Waals surface area contributed by atoms with Gasteiger partial charge in [-0.25, -0.2) is 4.79 Å². The minimum Gasteiger partial charge on any atom is -0.490 e. The number of aromatic carboxylic acids is 1. The summed E-state index contributed by atoms with van der Waals surface area (Å²) < 4.78 is 5.08. The van der Waals surface area contributed by atoms with Gasteiger partial charge >= 0.3 is 11.7 Å². The summed E-state index contributed by atoms with van der Waals surface area (Å²) in [6.07, 6.45) is 0. The van der Waals surface area contributed by atoms with Gasteiger partial charge in [0.15, 0.2) is 0 Å². The van der Waals surface area contributed by atoms with E-state index in [-0.39, 0.29) is 22.0 Å². The lowest BCUT2D eigenvalue weighted by Gasteiger charge is -2.06. The van der Waals surface area contributed by atoms with E-state index in [1.54, 1.807) is 6.07 Å². The van der Waals surface area contributed by atoms with Gasteiger partial charge in [-0.15, -0.1) is 11.3 Å². The molecule has 20 heavy (non-hydrogen) atoms. The fraction of sp³-hybridized carbons (Fsp3) is 0.0833. The summed E-state index contributed by atoms with van der Waals surface area (Å²) >= 11 is 0.944. The van der Waals surface area contributed by atoms with Gasteiger partial charge in [0.1, 0.15) is 4.88 Å². The molecule has 0 unspecified atom stereocenters. The minimum atomic E-state index is -1.14. The summed E-state index contributed by atoms with van der Waals surface area (Å²) in [4.78, 5) is 21.9. The van der Waals surface area contributed by atoms with Crippen molar-refractivity contribution in [1.29, 1.82) is 0 Å². The summed E-state index contributed by atoms with van der Waals surface area (Å²) in [6, 6.07) is 5.90. The number of ether oxygens (including phenoxy) is 1. The van der Waals surface area contributed by atoms with E-state index in [4.69, 9.17) is 15.6 Å². The molecule has 1 aromatic heterocycles. The van der Waals surface area contributed by atoms with Crippen molar-refractivity contribution in [2.45, 2.75) is 0 Å². The van der Waals surface area contributed by atoms with Gasteiger partial charge < -0.3 is 15.6 Å². The van der Waals surface area contributed by atoms with Crippen molar-refractivity contribution in [2.75, 3.05) is 12.8 Å². The Labute approximate surface area is 117 Å². The molecular weight excluding hydrogens is 284 g/mol. The third-order valence-electron chi connectivity index (χ3n) is 2.62. The Morgan fingerprint density at radius 2 is 2.20 bits per heavy atom. The van der Waals surface area contributed by atoms with E-state index in [2.05, 4.69) is 0 Å². The monoisotopic (exact) mass is 294 g/mol. The van der Waals surface area contributed by atoms with Crippen LogP contribution in [-0.2, 0) is 0 Å². The van der Waals surface area contributed by atoms with Crippen molar-refractivity contribution >= 4 is 28.7 Å². The second-order valence-corrected chi connectivity index (χ2v) is 4.87. The summed E-state index contributed by atoms with van der Waals surface area (Å²) in [5.74, 6) is -1.06. The number of benzene rings is 1. The molecule has 2 aromatic rings. The number of nitrogens with zero attached hydrogens (tertiary/aromatic N) is 1. The molecule has 0 saturated carbocycles. The first-order chi connectivity index (χ1) is 9.45. The molecule has 104 valence electrons. The van der Waals surface area contributed by atoms with Crippen LogP contribution < -0.4 is 10.5 Å². The Hall–Kier alpha value is -2.61. The molecule has 0 spiro atoms. The standard InChI is InChI=1S/C12H10N2O5S/c1-19-10-6(3-2-4-8(10)14(17)18)9-5-7(13)11(20-9)12(15)16/h2-5H,13H2,1H3,(H,15,16). The molecule has 0 fully saturated rings. The van der Waals surface area contributed by atoms with Gasteiger partial charge in [0.05, 0.1) is 17.7 Å². The van der Waals surface area contributed by atoms with Crippen LogP contribution in [0.4, 0.5) is 11.4 Å². The molecule has 3 N–H and O–H groups in total. The van der Waals surface area contributed by atoms with Gasteiger partial charge in [-0.3, -0.25) is 10.1 Å². The van der Waals surface area contributed by atoms with E-state index in [0.29, 0.717) is 10.4 Å². The number of rotatable bonds is 4. The number of nitro groups is 1. The van der Waals surface area contributed by atoms with Gasteiger partial charge in [-0.2, -0.15) is 0 Å². The predicted molar refractivity (Wildman–Crippen MR) is 74.3 cm³/mol. The second kappa shape index (κ2) is 5.17. The number of carboxylic acid groups (broad SMARTS) is 1. The van der Waals surface area contributed by atoms with Gasteiger partial charge in [-0.05, 0) is 12.1 Å². The zero-order valence-corrected chi connectivity index (χ0v) is 11.1. The lowest BCUT2D eigenvalue weighted by atomic mass is 10.1. The van der Waals surface area contributed by atoms with Crippen molar-refractivity contribution in [3.05, 3.63) is 39.3 Å². The molecule has 0 atom stereocenters. The number of para-hydroxylation sites is 1. The van der Waals surface area contributed by atoms with Crippen molar-refractivity contribution in [3.8, 4) is 16.2 Å². The molecule has 0 amide bonds. The first kappa shape index (κ1) is 13.8. The average Bonchev–Trinajstić information content (AvgIpc) is 2.79. The Balaban J connectivity index is 2.64. The highest BCUT2D eigenvalue weighted by molar-refractivity contribution is 7.18. The fourth-order valence-corrected chi connectivity index (χ4v) is 2.72. The molecule has 0 bridgehead atoms. The molecule has 0 aliphatic rings. The number of carboxylic acids is 1. The summed E-state index contributed by atoms with van der Waals surface area (Å²) in [5.41, 5.74) is 5.99. The molecular formula is C12H10N2O5S. The highest BCUT2D eigenvalue weighted by Gasteiger charge is 2.22. The molecule has 0 aliphatic heterocycles. The van der Waals surface area contributed by atoms with E-state index in [1.165, 1.54) is 25.3 Å². The zero-order chi connectivity index (χ0) is 14.9. The van der Waals surface area contributed by atoms with Crippen LogP contribution in [0.1, 0.15) is 9.67 Å². The first-order valence-electron chi connectivity index (χ1n) is 5.40. The van der Waals surface area contributed by atoms with Gasteiger partial charge in [0.25, 0.3) is 0 Å². The zero-order valence-electron chi connectivity index (χ0n) is 10.3. The first-order valence-corrected chi connectivity index (χ1v) is 6.21. The molecule has 0 saturated heterocycles. The molecule has 8 heteroatoms. The molecule has 0 radical (unpaired) electrons. The Morgan fingerprint density at radius 3 is 2.70 bits per heavy atom. The quantitative estimate of drug-likeness (QED) is 0.661. The number of nitro benzene ring substituents is 1. The SMILES string of the molecule is COc1c(-c2cc(N)c(C(=O)O)s2)cccc1[N+](=O)[O-]. The van der Waals surface area contributed by atoms with Crippen molar-refractivity contribution in [1.82, 2.24) is 0 Å². The summed E-state index contributed by atoms with van der Waals surface area (Å²) in [6.45, 7) is 0. The van der Waals surface area contributed by atoms with E-state index < -0.39 is 10.9 Å². The van der Waals surface area contributed by atoms with Crippen LogP contribution in [0.15, 0.2) is 24.3 Å². The number of hydrogen-bond donors (Lipinski definition) is 2. The number of carbonyl (C=O) groups is 1. The van der Waals surface area contributed by atoms with E-state index in [1.807, 2.05) is 0 Å². The van der Waals surface area contributed by atoms with Crippen LogP contribution in [0.3, 0.4) is 0 Å². The number of hydrogen-bond acceptors (Lipinski definition) is 6. The largest absolute Gasteiger partial charge is 0.490 e. The van der Waals surface area contributed by atoms with Crippen molar-refractivity contribution < 1.29 is 19.6 Å². The van der Waals surface area contributed by atoms with Crippen LogP contribution in [0.25, 0.3) is 10.4 Å². The van der Waals surface area contributed by atoms with Crippen molar-refractivity contribution in [2.24, 2.45) is 0 Å². The predicted octanol–water partition coefficient (Wildman–Crippen LogP) is 2.61. The number of methoxy groups -OCH3 is 1. The number of nitrogens with two attached hydrogens (primary N) is 1. The third-order valence-corrected chi connectivity index (χ3v) is 3.79. The molecule has 7 nitrogen and oxygen atoms in total. The summed E-state index contributed by atoms with van der Waals surface area (Å²) in [5, 5.41) is 19.9. The smallest absolute Gasteiger partial charge is 0.348 e. The van der Waals surface area contributed by atoms with Crippen LogP contribution in [0, 0.1) is 10.1 Å². The molecule has 0 aliphatic carbocycles. The van der Waals surface area contributed by atoms with E-state index in [9.17, 15) is 14.9 Å². The highest BCUT2D eigenvalue weighted by Crippen LogP contribution is 2.42. The topological polar surface area (TPSA) is 116 Å². The van der Waals surface area contributed by atoms with Gasteiger partial charge in [0.2, 0.25) is 5.75 Å². The van der Waals surface area contributed by atoms with Crippen LogP contribution >= 0.6 is 11.3 Å². The van der Waals surface area contributed by atoms with Gasteiger partial charge in [0, 0.05) is 16.5 Å². The van der Waals surface area contributed by atoms with E-state index >= 15 is 0 Å². The minimum absolute atomic E-state index is 0.00596. The highest BCUT2D eigenvalue weighted by atomic mass is 32.1. The Bertz CT molecular complexity index is 695. The lowest BCUT2D eigenvalue weighted by Crippen LogP contribution is -1.96. The third kappa shape index (κ3) is 2.28. The second-order valence-electron chi connectivity index (χ2n) is 3.82. The Kier molecular flexibility index (Phi) is 3.57. The van der Waals surface area contributed by atoms with Gasteiger partial charge in [-0.1, -0.05) is 6.07 Å². The fourth-order valence-electron chi connectivity index (χ4n) is 1.78. The van der Waals surface area contributed by atoms with Crippen LogP contribution in [0.2, 0.25) is 0 Å². The molecule has 1 heterocycles. The lowest BCUT2D eigenvalue weighted by molar-refractivity contribution is -0.385.